The summed E-state index contributed by atoms with van der Waals surface area (Å²) in [5.74, 6) is 0.893. The Labute approximate surface area is 162 Å². The van der Waals surface area contributed by atoms with Crippen molar-refractivity contribution >= 4 is 55.7 Å². The third-order valence-corrected chi connectivity index (χ3v) is 7.17. The fraction of sp³-hybridized carbons (Fsp3) is 0.438. The lowest BCUT2D eigenvalue weighted by molar-refractivity contribution is -0.115. The van der Waals surface area contributed by atoms with Crippen molar-refractivity contribution in [1.82, 2.24) is 20.2 Å². The molecule has 0 aliphatic rings. The van der Waals surface area contributed by atoms with Crippen molar-refractivity contribution < 1.29 is 4.79 Å². The molecule has 3 aromatic heterocycles. The maximum Gasteiger partial charge on any atom is 0.259 e. The summed E-state index contributed by atoms with van der Waals surface area (Å²) in [6.07, 6.45) is 0.793. The summed E-state index contributed by atoms with van der Waals surface area (Å²) in [7, 11) is 0. The second kappa shape index (κ2) is 7.85. The van der Waals surface area contributed by atoms with Gasteiger partial charge in [0, 0.05) is 4.88 Å². The number of H-pyrrole nitrogens is 1. The van der Waals surface area contributed by atoms with Gasteiger partial charge < -0.3 is 4.98 Å². The van der Waals surface area contributed by atoms with E-state index in [-0.39, 0.29) is 16.7 Å². The number of nitrogens with one attached hydrogen (secondary N) is 2. The monoisotopic (exact) mass is 409 g/mol. The lowest BCUT2D eigenvalue weighted by atomic mass is 10.2. The van der Waals surface area contributed by atoms with Crippen LogP contribution in [0.5, 0.6) is 0 Å². The van der Waals surface area contributed by atoms with Gasteiger partial charge in [-0.3, -0.25) is 14.9 Å². The van der Waals surface area contributed by atoms with Crippen LogP contribution in [0, 0.1) is 13.8 Å². The molecule has 138 valence electrons. The van der Waals surface area contributed by atoms with Gasteiger partial charge in [-0.15, -0.1) is 33.3 Å². The Hall–Kier alpha value is -1.78. The molecule has 3 aromatic rings. The zero-order valence-corrected chi connectivity index (χ0v) is 17.3. The summed E-state index contributed by atoms with van der Waals surface area (Å²) >= 11 is 4.31. The van der Waals surface area contributed by atoms with Gasteiger partial charge in [-0.05, 0) is 32.8 Å². The van der Waals surface area contributed by atoms with E-state index in [4.69, 9.17) is 0 Å². The van der Waals surface area contributed by atoms with E-state index in [0.717, 1.165) is 26.7 Å². The molecule has 1 amide bonds. The molecule has 7 nitrogen and oxygen atoms in total. The second-order valence-electron chi connectivity index (χ2n) is 5.77. The Kier molecular flexibility index (Phi) is 5.73. The van der Waals surface area contributed by atoms with Crippen LogP contribution >= 0.6 is 34.4 Å². The lowest BCUT2D eigenvalue weighted by Crippen LogP contribution is -2.23. The number of nitrogens with zero attached hydrogens (tertiary/aromatic N) is 3. The number of thioether (sulfide) groups is 1. The number of fused-ring (bicyclic) bond motifs is 1. The second-order valence-corrected chi connectivity index (χ2v) is 9.37. The summed E-state index contributed by atoms with van der Waals surface area (Å²) in [6.45, 7) is 7.73. The first kappa shape index (κ1) is 19.0. The molecule has 0 aliphatic heterocycles. The molecule has 26 heavy (non-hydrogen) atoms. The van der Waals surface area contributed by atoms with Gasteiger partial charge in [0.05, 0.1) is 16.4 Å². The zero-order valence-electron chi connectivity index (χ0n) is 14.9. The average Bonchev–Trinajstić information content (AvgIpc) is 3.17. The number of aromatic nitrogens is 4. The third-order valence-electron chi connectivity index (χ3n) is 3.93. The van der Waals surface area contributed by atoms with Gasteiger partial charge in [0.1, 0.15) is 15.7 Å². The molecule has 0 radical (unpaired) electrons. The Morgan fingerprint density at radius 2 is 2.08 bits per heavy atom. The molecular formula is C16H19N5O2S3. The highest BCUT2D eigenvalue weighted by Crippen LogP contribution is 2.26. The van der Waals surface area contributed by atoms with Crippen molar-refractivity contribution in [2.75, 3.05) is 5.32 Å². The maximum atomic E-state index is 12.3. The number of hydrogen-bond acceptors (Lipinski definition) is 8. The number of hydrogen-bond donors (Lipinski definition) is 2. The molecule has 0 aromatic carbocycles. The summed E-state index contributed by atoms with van der Waals surface area (Å²) in [5, 5.41) is 12.5. The number of carbonyl (C=O) groups excluding carboxylic acids is 1. The lowest BCUT2D eigenvalue weighted by Gasteiger charge is -2.09. The summed E-state index contributed by atoms with van der Waals surface area (Å²) in [5.41, 5.74) is 0.861. The molecule has 2 N–H and O–H groups in total. The van der Waals surface area contributed by atoms with E-state index in [1.807, 2.05) is 27.7 Å². The first-order valence-electron chi connectivity index (χ1n) is 8.12. The number of rotatable bonds is 6. The van der Waals surface area contributed by atoms with Crippen LogP contribution < -0.4 is 10.9 Å². The van der Waals surface area contributed by atoms with Gasteiger partial charge in [-0.1, -0.05) is 18.3 Å². The maximum absolute atomic E-state index is 12.3. The van der Waals surface area contributed by atoms with Crippen LogP contribution in [0.4, 0.5) is 5.13 Å². The van der Waals surface area contributed by atoms with Gasteiger partial charge in [-0.2, -0.15) is 0 Å². The fourth-order valence-electron chi connectivity index (χ4n) is 2.30. The number of amides is 1. The van der Waals surface area contributed by atoms with Crippen molar-refractivity contribution in [3.63, 3.8) is 0 Å². The molecule has 1 atom stereocenters. The quantitative estimate of drug-likeness (QED) is 0.648. The Morgan fingerprint density at radius 3 is 2.77 bits per heavy atom. The molecule has 0 saturated carbocycles. The van der Waals surface area contributed by atoms with Crippen LogP contribution in [-0.2, 0) is 17.0 Å². The van der Waals surface area contributed by atoms with Crippen LogP contribution in [0.2, 0.25) is 0 Å². The highest BCUT2D eigenvalue weighted by Gasteiger charge is 2.17. The van der Waals surface area contributed by atoms with Crippen LogP contribution in [0.15, 0.2) is 4.79 Å². The van der Waals surface area contributed by atoms with Crippen molar-refractivity contribution in [2.24, 2.45) is 0 Å². The van der Waals surface area contributed by atoms with Crippen molar-refractivity contribution in [2.45, 2.75) is 45.1 Å². The van der Waals surface area contributed by atoms with Crippen LogP contribution in [0.25, 0.3) is 10.2 Å². The molecule has 0 fully saturated rings. The smallest absolute Gasteiger partial charge is 0.259 e. The average molecular weight is 410 g/mol. The molecule has 10 heteroatoms. The van der Waals surface area contributed by atoms with E-state index >= 15 is 0 Å². The van der Waals surface area contributed by atoms with Crippen LogP contribution in [0.1, 0.15) is 35.1 Å². The van der Waals surface area contributed by atoms with E-state index in [1.54, 1.807) is 0 Å². The number of aryl methyl sites for hydroxylation is 3. The van der Waals surface area contributed by atoms with Gasteiger partial charge in [0.15, 0.2) is 0 Å². The highest BCUT2D eigenvalue weighted by atomic mass is 32.2. The highest BCUT2D eigenvalue weighted by molar-refractivity contribution is 7.99. The SMILES string of the molecule is CCc1nnc(NC(=O)C(C)SCc2nc3sc(C)c(C)c3c(=O)[nH]2)s1. The minimum absolute atomic E-state index is 0.120. The van der Waals surface area contributed by atoms with Gasteiger partial charge in [0.2, 0.25) is 11.0 Å². The largest absolute Gasteiger partial charge is 0.309 e. The number of aromatic amines is 1. The summed E-state index contributed by atoms with van der Waals surface area (Å²) in [4.78, 5) is 33.8. The predicted octanol–water partition coefficient (Wildman–Crippen LogP) is 3.28. The zero-order chi connectivity index (χ0) is 18.8. The summed E-state index contributed by atoms with van der Waals surface area (Å²) < 4.78 is 0. The van der Waals surface area contributed by atoms with Crippen LogP contribution in [-0.4, -0.2) is 31.3 Å². The van der Waals surface area contributed by atoms with Gasteiger partial charge in [-0.25, -0.2) is 4.98 Å². The molecule has 0 aliphatic carbocycles. The minimum atomic E-state index is -0.309. The Morgan fingerprint density at radius 1 is 1.31 bits per heavy atom. The Bertz CT molecular complexity index is 1010. The van der Waals surface area contributed by atoms with E-state index in [9.17, 15) is 9.59 Å². The third kappa shape index (κ3) is 3.97. The Balaban J connectivity index is 1.65. The van der Waals surface area contributed by atoms with Crippen molar-refractivity contribution in [3.8, 4) is 0 Å². The van der Waals surface area contributed by atoms with Crippen LogP contribution in [0.3, 0.4) is 0 Å². The number of thiophene rings is 1. The topological polar surface area (TPSA) is 101 Å². The van der Waals surface area contributed by atoms with Crippen molar-refractivity contribution in [1.29, 1.82) is 0 Å². The first-order valence-corrected chi connectivity index (χ1v) is 10.8. The number of anilines is 1. The molecule has 0 saturated heterocycles. The van der Waals surface area contributed by atoms with E-state index in [0.29, 0.717) is 22.1 Å². The standard InChI is InChI=1S/C16H19N5O2S3/c1-5-11-20-21-16(26-11)19-13(22)9(4)24-6-10-17-14(23)12-7(2)8(3)25-15(12)18-10/h9H,5-6H2,1-4H3,(H,17,18,23)(H,19,21,22). The number of carbonyl (C=O) groups is 1. The first-order chi connectivity index (χ1) is 12.4. The molecule has 0 bridgehead atoms. The molecule has 3 heterocycles. The van der Waals surface area contributed by atoms with E-state index in [2.05, 4.69) is 25.5 Å². The van der Waals surface area contributed by atoms with E-state index in [1.165, 1.54) is 34.4 Å². The van der Waals surface area contributed by atoms with Crippen molar-refractivity contribution in [3.05, 3.63) is 31.6 Å². The van der Waals surface area contributed by atoms with Gasteiger partial charge >= 0.3 is 0 Å². The predicted molar refractivity (Wildman–Crippen MR) is 108 cm³/mol. The fourth-order valence-corrected chi connectivity index (χ4v) is 4.79. The molecule has 3 rings (SSSR count). The summed E-state index contributed by atoms with van der Waals surface area (Å²) in [6, 6.07) is 0. The molecular weight excluding hydrogens is 390 g/mol. The van der Waals surface area contributed by atoms with E-state index < -0.39 is 0 Å². The normalized spacial score (nSPS) is 12.5. The molecule has 1 unspecified atom stereocenters. The van der Waals surface area contributed by atoms with Gasteiger partial charge in [0.25, 0.3) is 5.56 Å². The minimum Gasteiger partial charge on any atom is -0.309 e. The molecule has 0 spiro atoms.